The fraction of sp³-hybridized carbons (Fsp3) is 0.333. The average molecular weight is 546 g/mol. The predicted octanol–water partition coefficient (Wildman–Crippen LogP) is 2.51. The quantitative estimate of drug-likeness (QED) is 0.387. The summed E-state index contributed by atoms with van der Waals surface area (Å²) in [5.41, 5.74) is 1.24. The van der Waals surface area contributed by atoms with E-state index in [4.69, 9.17) is 0 Å². The van der Waals surface area contributed by atoms with E-state index in [2.05, 4.69) is 37.9 Å². The van der Waals surface area contributed by atoms with Gasteiger partial charge in [0.2, 0.25) is 0 Å². The van der Waals surface area contributed by atoms with Crippen molar-refractivity contribution < 1.29 is 16.8 Å². The van der Waals surface area contributed by atoms with Crippen LogP contribution in [0.5, 0.6) is 0 Å². The summed E-state index contributed by atoms with van der Waals surface area (Å²) in [4.78, 5) is 9.08. The summed E-state index contributed by atoms with van der Waals surface area (Å²) in [5, 5.41) is 3.72. The maximum absolute atomic E-state index is 13.2. The van der Waals surface area contributed by atoms with Crippen molar-refractivity contribution in [2.24, 2.45) is 0 Å². The summed E-state index contributed by atoms with van der Waals surface area (Å²) in [6.45, 7) is 1.89. The molecule has 4 rings (SSSR count). The molecule has 11 heteroatoms. The van der Waals surface area contributed by atoms with Crippen molar-refractivity contribution in [3.05, 3.63) is 47.9 Å². The lowest BCUT2D eigenvalue weighted by atomic mass is 10.2. The summed E-state index contributed by atoms with van der Waals surface area (Å²) in [5.74, 6) is 1.11. The Morgan fingerprint density at radius 1 is 1.21 bits per heavy atom. The number of sulfone groups is 1. The Labute approximate surface area is 182 Å². The van der Waals surface area contributed by atoms with E-state index in [9.17, 15) is 16.8 Å². The molecule has 0 aliphatic carbocycles. The van der Waals surface area contributed by atoms with E-state index in [-0.39, 0.29) is 28.1 Å². The molecule has 29 heavy (non-hydrogen) atoms. The molecule has 1 unspecified atom stereocenters. The first-order chi connectivity index (χ1) is 13.7. The van der Waals surface area contributed by atoms with E-state index in [0.29, 0.717) is 27.9 Å². The lowest BCUT2D eigenvalue weighted by Gasteiger charge is -2.14. The molecular weight excluding hydrogens is 527 g/mol. The van der Waals surface area contributed by atoms with E-state index in [0.717, 1.165) is 9.54 Å². The molecule has 0 saturated carbocycles. The van der Waals surface area contributed by atoms with Crippen LogP contribution in [0.2, 0.25) is 0 Å². The van der Waals surface area contributed by atoms with Crippen molar-refractivity contribution in [1.29, 1.82) is 0 Å². The molecule has 2 aromatic heterocycles. The van der Waals surface area contributed by atoms with Crippen LogP contribution in [-0.2, 0) is 24.3 Å². The number of hydrogen-bond acceptors (Lipinski definition) is 7. The molecule has 0 spiro atoms. The molecule has 1 aliphatic heterocycles. The van der Waals surface area contributed by atoms with Gasteiger partial charge in [-0.05, 0) is 31.5 Å². The lowest BCUT2D eigenvalue weighted by Crippen LogP contribution is -2.22. The average Bonchev–Trinajstić information content (AvgIpc) is 3.25. The largest absolute Gasteiger partial charge is 0.366 e. The zero-order valence-electron chi connectivity index (χ0n) is 15.5. The van der Waals surface area contributed by atoms with Gasteiger partial charge in [-0.3, -0.25) is 0 Å². The van der Waals surface area contributed by atoms with Crippen molar-refractivity contribution in [2.45, 2.75) is 28.7 Å². The normalized spacial score (nSPS) is 18.9. The van der Waals surface area contributed by atoms with Crippen LogP contribution >= 0.6 is 22.6 Å². The van der Waals surface area contributed by atoms with Gasteiger partial charge in [0.25, 0.3) is 10.0 Å². The van der Waals surface area contributed by atoms with Gasteiger partial charge in [-0.1, -0.05) is 40.3 Å². The second-order valence-electron chi connectivity index (χ2n) is 7.03. The predicted molar refractivity (Wildman–Crippen MR) is 120 cm³/mol. The second kappa shape index (κ2) is 7.51. The van der Waals surface area contributed by atoms with Crippen LogP contribution in [0.3, 0.4) is 0 Å². The first-order valence-electron chi connectivity index (χ1n) is 8.93. The Hall–Kier alpha value is -1.73. The van der Waals surface area contributed by atoms with Gasteiger partial charge in [0.05, 0.1) is 26.2 Å². The number of nitrogens with zero attached hydrogens (tertiary/aromatic N) is 3. The van der Waals surface area contributed by atoms with Gasteiger partial charge in [-0.15, -0.1) is 0 Å². The van der Waals surface area contributed by atoms with Crippen LogP contribution < -0.4 is 5.32 Å². The van der Waals surface area contributed by atoms with Crippen molar-refractivity contribution in [1.82, 2.24) is 13.9 Å². The first kappa shape index (κ1) is 20.5. The Morgan fingerprint density at radius 2 is 1.93 bits per heavy atom. The number of halogens is 1. The number of alkyl halides is 1. The molecule has 3 aromatic rings. The highest BCUT2D eigenvalue weighted by Crippen LogP contribution is 2.28. The highest BCUT2D eigenvalue weighted by atomic mass is 127. The van der Waals surface area contributed by atoms with Crippen LogP contribution in [0.4, 0.5) is 5.82 Å². The minimum Gasteiger partial charge on any atom is -0.366 e. The minimum absolute atomic E-state index is 0.0421. The third-order valence-corrected chi connectivity index (χ3v) is 8.96. The molecule has 154 valence electrons. The zero-order valence-corrected chi connectivity index (χ0v) is 19.3. The van der Waals surface area contributed by atoms with Gasteiger partial charge >= 0.3 is 0 Å². The number of fused-ring (bicyclic) bond motifs is 1. The Kier molecular flexibility index (Phi) is 5.32. The van der Waals surface area contributed by atoms with Crippen molar-refractivity contribution in [2.75, 3.05) is 16.8 Å². The molecule has 8 nitrogen and oxygen atoms in total. The van der Waals surface area contributed by atoms with Crippen LogP contribution in [0.25, 0.3) is 11.0 Å². The summed E-state index contributed by atoms with van der Waals surface area (Å²) in [6.07, 6.45) is 1.96. The number of aromatic nitrogens is 3. The fourth-order valence-corrected chi connectivity index (χ4v) is 6.64. The summed E-state index contributed by atoms with van der Waals surface area (Å²) in [7, 11) is -6.88. The van der Waals surface area contributed by atoms with Crippen LogP contribution in [-0.4, -0.2) is 48.3 Å². The first-order valence-corrected chi connectivity index (χ1v) is 13.7. The molecule has 1 aromatic carbocycles. The highest BCUT2D eigenvalue weighted by molar-refractivity contribution is 14.1. The van der Waals surface area contributed by atoms with Crippen LogP contribution in [0.15, 0.2) is 41.4 Å². The van der Waals surface area contributed by atoms with Gasteiger partial charge in [0.1, 0.15) is 11.6 Å². The topological polar surface area (TPSA) is 111 Å². The highest BCUT2D eigenvalue weighted by Gasteiger charge is 2.29. The molecule has 0 radical (unpaired) electrons. The number of anilines is 1. The van der Waals surface area contributed by atoms with Gasteiger partial charge in [0.15, 0.2) is 15.5 Å². The van der Waals surface area contributed by atoms with Gasteiger partial charge < -0.3 is 5.32 Å². The molecule has 0 amide bonds. The number of rotatable bonds is 5. The maximum Gasteiger partial charge on any atom is 0.269 e. The summed E-state index contributed by atoms with van der Waals surface area (Å²) < 4.78 is 51.5. The van der Waals surface area contributed by atoms with Crippen molar-refractivity contribution >= 4 is 59.3 Å². The minimum atomic E-state index is -3.83. The van der Waals surface area contributed by atoms with Crippen LogP contribution in [0.1, 0.15) is 17.8 Å². The molecular formula is C18H19IN4O4S2. The molecule has 1 aliphatic rings. The Bertz CT molecular complexity index is 1290. The van der Waals surface area contributed by atoms with Crippen molar-refractivity contribution in [3.8, 4) is 0 Å². The Balaban J connectivity index is 1.80. The summed E-state index contributed by atoms with van der Waals surface area (Å²) in [6, 6.07) is 8.02. The smallest absolute Gasteiger partial charge is 0.269 e. The lowest BCUT2D eigenvalue weighted by molar-refractivity contribution is 0.588. The van der Waals surface area contributed by atoms with Gasteiger partial charge in [-0.2, -0.15) is 0 Å². The fourth-order valence-electron chi connectivity index (χ4n) is 3.33. The maximum atomic E-state index is 13.2. The standard InChI is InChI=1S/C18H19IN4O4S2/c1-12-2-4-14(5-3-12)29(26,27)23-8-6-15-17(21-16(10-19)22-18(15)23)20-13-7-9-28(24,25)11-13/h2-6,8,13H,7,9-11H2,1H3,(H,20,21,22). The second-order valence-corrected chi connectivity index (χ2v) is 11.8. The van der Waals surface area contributed by atoms with E-state index < -0.39 is 19.9 Å². The summed E-state index contributed by atoms with van der Waals surface area (Å²) >= 11 is 2.11. The third kappa shape index (κ3) is 3.99. The van der Waals surface area contributed by atoms with Gasteiger partial charge in [0, 0.05) is 12.2 Å². The SMILES string of the molecule is Cc1ccc(S(=O)(=O)n2ccc3c(NC4CCS(=O)(=O)C4)nc(CI)nc32)cc1. The van der Waals surface area contributed by atoms with Crippen molar-refractivity contribution in [3.63, 3.8) is 0 Å². The molecule has 1 N–H and O–H groups in total. The van der Waals surface area contributed by atoms with E-state index in [1.807, 2.05) is 6.92 Å². The molecule has 1 saturated heterocycles. The van der Waals surface area contributed by atoms with Gasteiger partial charge in [-0.25, -0.2) is 30.8 Å². The molecule has 1 atom stereocenters. The van der Waals surface area contributed by atoms with E-state index in [1.54, 1.807) is 30.3 Å². The third-order valence-electron chi connectivity index (χ3n) is 4.83. The number of hydrogen-bond donors (Lipinski definition) is 1. The van der Waals surface area contributed by atoms with E-state index in [1.165, 1.54) is 6.20 Å². The monoisotopic (exact) mass is 546 g/mol. The van der Waals surface area contributed by atoms with Crippen LogP contribution in [0, 0.1) is 6.92 Å². The number of nitrogens with one attached hydrogen (secondary N) is 1. The van der Waals surface area contributed by atoms with E-state index >= 15 is 0 Å². The molecule has 3 heterocycles. The number of benzene rings is 1. The molecule has 0 bridgehead atoms. The molecule has 1 fully saturated rings. The zero-order chi connectivity index (χ0) is 20.8. The Morgan fingerprint density at radius 3 is 2.55 bits per heavy atom. The number of aryl methyl sites for hydroxylation is 1.